The first-order chi connectivity index (χ1) is 6.63. The minimum Gasteiger partial charge on any atom is -0.356 e. The number of rotatable bonds is 4. The maximum absolute atomic E-state index is 11.2. The van der Waals surface area contributed by atoms with Gasteiger partial charge in [-0.1, -0.05) is 0 Å². The van der Waals surface area contributed by atoms with E-state index >= 15 is 0 Å². The van der Waals surface area contributed by atoms with E-state index in [1.807, 2.05) is 19.2 Å². The average Bonchev–Trinajstić information content (AvgIpc) is 2.53. The van der Waals surface area contributed by atoms with Crippen molar-refractivity contribution in [3.8, 4) is 0 Å². The Bertz CT molecular complexity index is 309. The van der Waals surface area contributed by atoms with Gasteiger partial charge in [0.15, 0.2) is 0 Å². The zero-order valence-electron chi connectivity index (χ0n) is 8.41. The number of carbonyl (C=O) groups excluding carboxylic acids is 1. The number of nitrogens with zero attached hydrogens (tertiary/aromatic N) is 1. The standard InChI is InChI=1S/C9H15N3OS/c1-3-11-8(13)4-7-5-14-9(12-7)6(2)10/h5-6H,3-4,10H2,1-2H3,(H,11,13). The van der Waals surface area contributed by atoms with Gasteiger partial charge in [0.2, 0.25) is 5.91 Å². The Kier molecular flexibility index (Phi) is 4.03. The van der Waals surface area contributed by atoms with Gasteiger partial charge in [-0.2, -0.15) is 0 Å². The number of hydrogen-bond donors (Lipinski definition) is 2. The highest BCUT2D eigenvalue weighted by atomic mass is 32.1. The van der Waals surface area contributed by atoms with Crippen LogP contribution in [0.1, 0.15) is 30.6 Å². The van der Waals surface area contributed by atoms with Crippen LogP contribution >= 0.6 is 11.3 Å². The van der Waals surface area contributed by atoms with Crippen LogP contribution < -0.4 is 11.1 Å². The molecule has 78 valence electrons. The molecule has 0 aliphatic carbocycles. The third-order valence-electron chi connectivity index (χ3n) is 1.67. The quantitative estimate of drug-likeness (QED) is 0.779. The highest BCUT2D eigenvalue weighted by Crippen LogP contribution is 2.15. The Morgan fingerprint density at radius 1 is 1.79 bits per heavy atom. The highest BCUT2D eigenvalue weighted by Gasteiger charge is 2.08. The van der Waals surface area contributed by atoms with Gasteiger partial charge in [-0.3, -0.25) is 4.79 Å². The van der Waals surface area contributed by atoms with Crippen molar-refractivity contribution >= 4 is 17.2 Å². The third-order valence-corrected chi connectivity index (χ3v) is 2.77. The van der Waals surface area contributed by atoms with Gasteiger partial charge in [-0.05, 0) is 13.8 Å². The molecule has 0 aliphatic heterocycles. The van der Waals surface area contributed by atoms with Gasteiger partial charge in [-0.15, -0.1) is 11.3 Å². The molecule has 0 bridgehead atoms. The Hall–Kier alpha value is -0.940. The third kappa shape index (κ3) is 3.08. The van der Waals surface area contributed by atoms with Gasteiger partial charge in [0.1, 0.15) is 5.01 Å². The number of aromatic nitrogens is 1. The van der Waals surface area contributed by atoms with E-state index in [4.69, 9.17) is 5.73 Å². The molecule has 1 unspecified atom stereocenters. The van der Waals surface area contributed by atoms with Crippen molar-refractivity contribution in [1.29, 1.82) is 0 Å². The van der Waals surface area contributed by atoms with Gasteiger partial charge in [-0.25, -0.2) is 4.98 Å². The fourth-order valence-electron chi connectivity index (χ4n) is 1.04. The van der Waals surface area contributed by atoms with Gasteiger partial charge in [0, 0.05) is 11.9 Å². The topological polar surface area (TPSA) is 68.0 Å². The second kappa shape index (κ2) is 5.07. The Balaban J connectivity index is 2.55. The summed E-state index contributed by atoms with van der Waals surface area (Å²) < 4.78 is 0. The van der Waals surface area contributed by atoms with Crippen LogP contribution in [0.4, 0.5) is 0 Å². The number of thiazole rings is 1. The van der Waals surface area contributed by atoms with Crippen LogP contribution in [-0.4, -0.2) is 17.4 Å². The lowest BCUT2D eigenvalue weighted by molar-refractivity contribution is -0.120. The molecule has 1 rings (SSSR count). The van der Waals surface area contributed by atoms with Crippen molar-refractivity contribution in [2.75, 3.05) is 6.54 Å². The first-order valence-electron chi connectivity index (χ1n) is 4.60. The predicted molar refractivity (Wildman–Crippen MR) is 57.1 cm³/mol. The Morgan fingerprint density at radius 3 is 3.00 bits per heavy atom. The number of carbonyl (C=O) groups is 1. The first kappa shape index (κ1) is 11.1. The first-order valence-corrected chi connectivity index (χ1v) is 5.48. The Morgan fingerprint density at radius 2 is 2.50 bits per heavy atom. The van der Waals surface area contributed by atoms with Gasteiger partial charge < -0.3 is 11.1 Å². The lowest BCUT2D eigenvalue weighted by atomic mass is 10.3. The Labute approximate surface area is 87.5 Å². The number of nitrogens with one attached hydrogen (secondary N) is 1. The molecule has 1 aromatic heterocycles. The van der Waals surface area contributed by atoms with E-state index in [0.29, 0.717) is 13.0 Å². The van der Waals surface area contributed by atoms with E-state index in [9.17, 15) is 4.79 Å². The fraction of sp³-hybridized carbons (Fsp3) is 0.556. The van der Waals surface area contributed by atoms with Crippen molar-refractivity contribution in [1.82, 2.24) is 10.3 Å². The lowest BCUT2D eigenvalue weighted by Gasteiger charge is -1.99. The zero-order chi connectivity index (χ0) is 10.6. The van der Waals surface area contributed by atoms with Crippen molar-refractivity contribution in [2.45, 2.75) is 26.3 Å². The van der Waals surface area contributed by atoms with Gasteiger partial charge in [0.25, 0.3) is 0 Å². The van der Waals surface area contributed by atoms with Crippen molar-refractivity contribution in [2.24, 2.45) is 5.73 Å². The molecule has 4 nitrogen and oxygen atoms in total. The van der Waals surface area contributed by atoms with E-state index in [1.54, 1.807) is 0 Å². The summed E-state index contributed by atoms with van der Waals surface area (Å²) in [7, 11) is 0. The molecule has 1 aromatic rings. The highest BCUT2D eigenvalue weighted by molar-refractivity contribution is 7.09. The SMILES string of the molecule is CCNC(=O)Cc1csc(C(C)N)n1. The lowest BCUT2D eigenvalue weighted by Crippen LogP contribution is -2.24. The van der Waals surface area contributed by atoms with E-state index in [0.717, 1.165) is 10.7 Å². The summed E-state index contributed by atoms with van der Waals surface area (Å²) in [5.41, 5.74) is 6.46. The normalized spacial score (nSPS) is 12.5. The molecule has 0 saturated carbocycles. The number of amides is 1. The molecule has 0 aromatic carbocycles. The van der Waals surface area contributed by atoms with Crippen LogP contribution in [0, 0.1) is 0 Å². The van der Waals surface area contributed by atoms with Crippen LogP contribution in [0.2, 0.25) is 0 Å². The summed E-state index contributed by atoms with van der Waals surface area (Å²) in [6.45, 7) is 4.43. The minimum absolute atomic E-state index is 0.00836. The molecule has 0 saturated heterocycles. The van der Waals surface area contributed by atoms with Crippen LogP contribution in [0.15, 0.2) is 5.38 Å². The van der Waals surface area contributed by atoms with Crippen LogP contribution in [0.3, 0.4) is 0 Å². The van der Waals surface area contributed by atoms with Crippen LogP contribution in [0.5, 0.6) is 0 Å². The van der Waals surface area contributed by atoms with Crippen LogP contribution in [0.25, 0.3) is 0 Å². The maximum Gasteiger partial charge on any atom is 0.226 e. The molecule has 0 spiro atoms. The molecule has 1 atom stereocenters. The van der Waals surface area contributed by atoms with E-state index in [2.05, 4.69) is 10.3 Å². The zero-order valence-corrected chi connectivity index (χ0v) is 9.23. The molecular formula is C9H15N3OS. The number of hydrogen-bond acceptors (Lipinski definition) is 4. The smallest absolute Gasteiger partial charge is 0.226 e. The molecule has 5 heteroatoms. The summed E-state index contributed by atoms with van der Waals surface area (Å²) >= 11 is 1.50. The summed E-state index contributed by atoms with van der Waals surface area (Å²) in [4.78, 5) is 15.5. The number of nitrogens with two attached hydrogens (primary N) is 1. The molecular weight excluding hydrogens is 198 g/mol. The van der Waals surface area contributed by atoms with Crippen LogP contribution in [-0.2, 0) is 11.2 Å². The number of likely N-dealkylation sites (N-methyl/N-ethyl adjacent to an activating group) is 1. The largest absolute Gasteiger partial charge is 0.356 e. The summed E-state index contributed by atoms with van der Waals surface area (Å²) in [6.07, 6.45) is 0.344. The second-order valence-electron chi connectivity index (χ2n) is 3.10. The molecule has 3 N–H and O–H groups in total. The average molecular weight is 213 g/mol. The van der Waals surface area contributed by atoms with Crippen molar-refractivity contribution in [3.63, 3.8) is 0 Å². The fourth-order valence-corrected chi connectivity index (χ4v) is 1.81. The molecule has 14 heavy (non-hydrogen) atoms. The molecule has 0 aliphatic rings. The molecule has 0 fully saturated rings. The van der Waals surface area contributed by atoms with Gasteiger partial charge >= 0.3 is 0 Å². The van der Waals surface area contributed by atoms with E-state index < -0.39 is 0 Å². The van der Waals surface area contributed by atoms with Crippen molar-refractivity contribution < 1.29 is 4.79 Å². The molecule has 1 heterocycles. The second-order valence-corrected chi connectivity index (χ2v) is 3.99. The monoisotopic (exact) mass is 213 g/mol. The molecule has 1 amide bonds. The van der Waals surface area contributed by atoms with Gasteiger partial charge in [0.05, 0.1) is 18.2 Å². The van der Waals surface area contributed by atoms with Crippen molar-refractivity contribution in [3.05, 3.63) is 16.1 Å². The van der Waals surface area contributed by atoms with E-state index in [1.165, 1.54) is 11.3 Å². The summed E-state index contributed by atoms with van der Waals surface area (Å²) in [5.74, 6) is 0.00836. The summed E-state index contributed by atoms with van der Waals surface area (Å²) in [6, 6.07) is -0.0528. The maximum atomic E-state index is 11.2. The minimum atomic E-state index is -0.0528. The van der Waals surface area contributed by atoms with E-state index in [-0.39, 0.29) is 11.9 Å². The molecule has 0 radical (unpaired) electrons. The predicted octanol–water partition coefficient (Wildman–Crippen LogP) is 0.841. The summed E-state index contributed by atoms with van der Waals surface area (Å²) in [5, 5.41) is 5.49.